The van der Waals surface area contributed by atoms with Gasteiger partial charge in [-0.2, -0.15) is 0 Å². The lowest BCUT2D eigenvalue weighted by Gasteiger charge is -2.10. The number of rotatable bonds is 6. The number of ether oxygens (including phenoxy) is 4. The predicted molar refractivity (Wildman–Crippen MR) is 111 cm³/mol. The normalized spacial score (nSPS) is 10.6. The first-order chi connectivity index (χ1) is 14.6. The van der Waals surface area contributed by atoms with E-state index in [1.807, 2.05) is 24.3 Å². The lowest BCUT2D eigenvalue weighted by atomic mass is 10.2. The number of primary amides is 1. The van der Waals surface area contributed by atoms with Crippen LogP contribution >= 0.6 is 0 Å². The number of carbonyl (C=O) groups excluding carboxylic acids is 1. The maximum Gasteiger partial charge on any atom is 0.409 e. The van der Waals surface area contributed by atoms with Crippen molar-refractivity contribution in [1.29, 1.82) is 0 Å². The quantitative estimate of drug-likeness (QED) is 0.489. The number of carbonyl (C=O) groups is 1. The summed E-state index contributed by atoms with van der Waals surface area (Å²) in [6, 6.07) is 17.9. The number of hydrogen-bond donors (Lipinski definition) is 2. The molecule has 1 amide bonds. The summed E-state index contributed by atoms with van der Waals surface area (Å²) in [5.74, 6) is 3.54. The number of aromatic amines is 1. The van der Waals surface area contributed by atoms with E-state index >= 15 is 0 Å². The van der Waals surface area contributed by atoms with Crippen LogP contribution < -0.4 is 24.7 Å². The van der Waals surface area contributed by atoms with Crippen LogP contribution in [0.2, 0.25) is 0 Å². The molecule has 3 aromatic carbocycles. The van der Waals surface area contributed by atoms with E-state index in [1.54, 1.807) is 50.6 Å². The van der Waals surface area contributed by atoms with Crippen LogP contribution in [0, 0.1) is 0 Å². The minimum atomic E-state index is -0.866. The fourth-order valence-corrected chi connectivity index (χ4v) is 3.00. The van der Waals surface area contributed by atoms with E-state index in [2.05, 4.69) is 9.97 Å². The molecular formula is C22H19N3O5. The van der Waals surface area contributed by atoms with E-state index in [0.717, 1.165) is 11.1 Å². The van der Waals surface area contributed by atoms with Gasteiger partial charge in [0.25, 0.3) is 0 Å². The average molecular weight is 405 g/mol. The van der Waals surface area contributed by atoms with Gasteiger partial charge >= 0.3 is 6.09 Å². The highest BCUT2D eigenvalue weighted by Crippen LogP contribution is 2.33. The van der Waals surface area contributed by atoms with Crippen molar-refractivity contribution in [3.8, 4) is 40.1 Å². The maximum absolute atomic E-state index is 10.9. The number of imidazole rings is 1. The van der Waals surface area contributed by atoms with Crippen LogP contribution in [0.3, 0.4) is 0 Å². The van der Waals surface area contributed by atoms with Crippen molar-refractivity contribution >= 4 is 17.1 Å². The minimum Gasteiger partial charge on any atom is -0.493 e. The molecule has 8 nitrogen and oxygen atoms in total. The molecule has 0 fully saturated rings. The first kappa shape index (κ1) is 19.1. The fourth-order valence-electron chi connectivity index (χ4n) is 3.00. The highest BCUT2D eigenvalue weighted by Gasteiger charge is 2.09. The van der Waals surface area contributed by atoms with Crippen molar-refractivity contribution in [2.24, 2.45) is 5.73 Å². The number of nitrogens with two attached hydrogens (primary N) is 1. The Morgan fingerprint density at radius 3 is 2.27 bits per heavy atom. The first-order valence-corrected chi connectivity index (χ1v) is 9.03. The summed E-state index contributed by atoms with van der Waals surface area (Å²) in [5, 5.41) is 0. The number of nitrogens with zero attached hydrogens (tertiary/aromatic N) is 1. The molecule has 0 bridgehead atoms. The highest BCUT2D eigenvalue weighted by molar-refractivity contribution is 5.81. The van der Waals surface area contributed by atoms with Gasteiger partial charge in [0.05, 0.1) is 25.3 Å². The molecule has 0 radical (unpaired) electrons. The van der Waals surface area contributed by atoms with Gasteiger partial charge in [-0.05, 0) is 48.5 Å². The second kappa shape index (κ2) is 8.04. The Kier molecular flexibility index (Phi) is 5.13. The number of aromatic nitrogens is 2. The zero-order chi connectivity index (χ0) is 21.1. The van der Waals surface area contributed by atoms with Crippen molar-refractivity contribution in [1.82, 2.24) is 9.97 Å². The van der Waals surface area contributed by atoms with E-state index in [1.165, 1.54) is 0 Å². The monoisotopic (exact) mass is 405 g/mol. The van der Waals surface area contributed by atoms with Crippen LogP contribution in [0.1, 0.15) is 0 Å². The second-order valence-electron chi connectivity index (χ2n) is 6.33. The molecule has 1 heterocycles. The molecule has 30 heavy (non-hydrogen) atoms. The van der Waals surface area contributed by atoms with Crippen LogP contribution in [0.15, 0.2) is 60.7 Å². The molecule has 0 aliphatic heterocycles. The van der Waals surface area contributed by atoms with E-state index < -0.39 is 6.09 Å². The molecule has 0 unspecified atom stereocenters. The Balaban J connectivity index is 1.54. The van der Waals surface area contributed by atoms with Gasteiger partial charge in [0.15, 0.2) is 11.5 Å². The molecule has 0 aliphatic carbocycles. The highest BCUT2D eigenvalue weighted by atomic mass is 16.5. The Labute approximate surface area is 172 Å². The number of methoxy groups -OCH3 is 2. The Bertz CT molecular complexity index is 1200. The number of nitrogens with one attached hydrogen (secondary N) is 1. The first-order valence-electron chi connectivity index (χ1n) is 9.03. The van der Waals surface area contributed by atoms with E-state index in [0.29, 0.717) is 40.1 Å². The second-order valence-corrected chi connectivity index (χ2v) is 6.33. The molecule has 3 N–H and O–H groups in total. The van der Waals surface area contributed by atoms with Gasteiger partial charge in [-0.25, -0.2) is 9.78 Å². The Hall–Kier alpha value is -4.20. The maximum atomic E-state index is 10.9. The zero-order valence-electron chi connectivity index (χ0n) is 16.3. The Morgan fingerprint density at radius 1 is 0.867 bits per heavy atom. The van der Waals surface area contributed by atoms with Gasteiger partial charge in [0, 0.05) is 17.7 Å². The van der Waals surface area contributed by atoms with E-state index in [9.17, 15) is 4.79 Å². The number of benzene rings is 3. The summed E-state index contributed by atoms with van der Waals surface area (Å²) in [6.45, 7) is 0. The molecule has 0 atom stereocenters. The standard InChI is InChI=1S/C22H19N3O5/c1-27-19-10-8-16(12-20(19)28-2)29-14-5-3-13(4-6-14)21-24-17-9-7-15(30-22(23)26)11-18(17)25-21/h3-12H,1-2H3,(H2,23,26)(H,24,25). The summed E-state index contributed by atoms with van der Waals surface area (Å²) in [6.07, 6.45) is -0.866. The summed E-state index contributed by atoms with van der Waals surface area (Å²) in [7, 11) is 3.16. The average Bonchev–Trinajstić information content (AvgIpc) is 3.17. The third kappa shape index (κ3) is 3.97. The van der Waals surface area contributed by atoms with Crippen molar-refractivity contribution in [3.05, 3.63) is 60.7 Å². The van der Waals surface area contributed by atoms with Crippen molar-refractivity contribution in [3.63, 3.8) is 0 Å². The minimum absolute atomic E-state index is 0.340. The molecule has 0 spiro atoms. The summed E-state index contributed by atoms with van der Waals surface area (Å²) < 4.78 is 21.3. The van der Waals surface area contributed by atoms with Gasteiger partial charge in [-0.3, -0.25) is 0 Å². The molecule has 0 saturated carbocycles. The molecule has 0 saturated heterocycles. The summed E-state index contributed by atoms with van der Waals surface area (Å²) in [4.78, 5) is 18.7. The van der Waals surface area contributed by atoms with Gasteiger partial charge in [-0.1, -0.05) is 0 Å². The molecule has 0 aliphatic rings. The largest absolute Gasteiger partial charge is 0.493 e. The number of hydrogen-bond acceptors (Lipinski definition) is 6. The molecular weight excluding hydrogens is 386 g/mol. The number of amides is 1. The van der Waals surface area contributed by atoms with Crippen LogP contribution in [0.4, 0.5) is 4.79 Å². The fraction of sp³-hybridized carbons (Fsp3) is 0.0909. The van der Waals surface area contributed by atoms with Crippen molar-refractivity contribution in [2.75, 3.05) is 14.2 Å². The van der Waals surface area contributed by atoms with Gasteiger partial charge in [0.1, 0.15) is 23.1 Å². The smallest absolute Gasteiger partial charge is 0.409 e. The third-order valence-corrected chi connectivity index (χ3v) is 4.39. The molecule has 1 aromatic heterocycles. The van der Waals surface area contributed by atoms with Crippen LogP contribution in [0.5, 0.6) is 28.7 Å². The van der Waals surface area contributed by atoms with E-state index in [4.69, 9.17) is 24.7 Å². The van der Waals surface area contributed by atoms with Gasteiger partial charge in [-0.15, -0.1) is 0 Å². The van der Waals surface area contributed by atoms with Crippen molar-refractivity contribution < 1.29 is 23.7 Å². The number of fused-ring (bicyclic) bond motifs is 1. The van der Waals surface area contributed by atoms with Crippen LogP contribution in [0.25, 0.3) is 22.4 Å². The zero-order valence-corrected chi connectivity index (χ0v) is 16.3. The van der Waals surface area contributed by atoms with Gasteiger partial charge in [0.2, 0.25) is 0 Å². The molecule has 8 heteroatoms. The topological polar surface area (TPSA) is 109 Å². The summed E-state index contributed by atoms with van der Waals surface area (Å²) in [5.41, 5.74) is 7.40. The van der Waals surface area contributed by atoms with Gasteiger partial charge < -0.3 is 29.7 Å². The van der Waals surface area contributed by atoms with Crippen molar-refractivity contribution in [2.45, 2.75) is 0 Å². The van der Waals surface area contributed by atoms with Crippen LogP contribution in [-0.4, -0.2) is 30.3 Å². The SMILES string of the molecule is COc1ccc(Oc2ccc(-c3nc4cc(OC(N)=O)ccc4[nH]3)cc2)cc1OC. The lowest BCUT2D eigenvalue weighted by Crippen LogP contribution is -2.16. The predicted octanol–water partition coefficient (Wildman–Crippen LogP) is 4.50. The molecule has 152 valence electrons. The lowest BCUT2D eigenvalue weighted by molar-refractivity contribution is 0.211. The molecule has 4 rings (SSSR count). The molecule has 4 aromatic rings. The number of H-pyrrole nitrogens is 1. The van der Waals surface area contributed by atoms with E-state index in [-0.39, 0.29) is 0 Å². The summed E-state index contributed by atoms with van der Waals surface area (Å²) >= 11 is 0. The third-order valence-electron chi connectivity index (χ3n) is 4.39. The van der Waals surface area contributed by atoms with Crippen LogP contribution in [-0.2, 0) is 0 Å². The Morgan fingerprint density at radius 2 is 1.57 bits per heavy atom.